The van der Waals surface area contributed by atoms with Crippen LogP contribution in [0.1, 0.15) is 0 Å². The molecule has 98 valence electrons. The van der Waals surface area contributed by atoms with E-state index in [1.54, 1.807) is 0 Å². The van der Waals surface area contributed by atoms with E-state index in [0.29, 0.717) is 13.2 Å². The fraction of sp³-hybridized carbons (Fsp3) is 0.778. The fourth-order valence-corrected chi connectivity index (χ4v) is 1.27. The van der Waals surface area contributed by atoms with Gasteiger partial charge in [-0.15, -0.1) is 0 Å². The molecule has 1 unspecified atom stereocenters. The van der Waals surface area contributed by atoms with E-state index in [-0.39, 0.29) is 19.4 Å². The van der Waals surface area contributed by atoms with Crippen LogP contribution in [0.25, 0.3) is 0 Å². The molecule has 0 aliphatic carbocycles. The Balaban J connectivity index is 1.95. The summed E-state index contributed by atoms with van der Waals surface area (Å²) in [4.78, 5) is 21.1. The van der Waals surface area contributed by atoms with Crippen LogP contribution in [0, 0.1) is 0 Å². The van der Waals surface area contributed by atoms with Gasteiger partial charge < -0.3 is 30.5 Å². The maximum absolute atomic E-state index is 11.0. The quantitative estimate of drug-likeness (QED) is 0.330. The van der Waals surface area contributed by atoms with Gasteiger partial charge >= 0.3 is 6.09 Å². The van der Waals surface area contributed by atoms with Gasteiger partial charge in [0.1, 0.15) is 13.3 Å². The molecule has 0 aromatic heterocycles. The molecular weight excluding hydrogens is 230 g/mol. The van der Waals surface area contributed by atoms with E-state index in [1.165, 1.54) is 0 Å². The second-order valence-corrected chi connectivity index (χ2v) is 3.47. The van der Waals surface area contributed by atoms with Gasteiger partial charge in [0.15, 0.2) is 0 Å². The van der Waals surface area contributed by atoms with Crippen molar-refractivity contribution in [1.82, 2.24) is 16.0 Å². The summed E-state index contributed by atoms with van der Waals surface area (Å²) in [6, 6.07) is 0. The van der Waals surface area contributed by atoms with E-state index in [1.807, 2.05) is 5.32 Å². The Morgan fingerprint density at radius 3 is 2.94 bits per heavy atom. The minimum atomic E-state index is -1.23. The number of nitrogens with one attached hydrogen (secondary N) is 3. The minimum Gasteiger partial charge on any atom is -0.465 e. The predicted octanol–water partition coefficient (Wildman–Crippen LogP) is -1.67. The van der Waals surface area contributed by atoms with E-state index >= 15 is 0 Å². The Labute approximate surface area is 98.6 Å². The lowest BCUT2D eigenvalue weighted by Crippen LogP contribution is -2.42. The number of rotatable bonds is 6. The first kappa shape index (κ1) is 13.7. The number of hydrogen-bond donors (Lipinski definition) is 4. The van der Waals surface area contributed by atoms with Crippen molar-refractivity contribution in [2.24, 2.45) is 0 Å². The number of carboxylic acid groups (broad SMARTS) is 1. The molecule has 1 atom stereocenters. The topological polar surface area (TPSA) is 109 Å². The van der Waals surface area contributed by atoms with E-state index in [9.17, 15) is 9.59 Å². The molecule has 8 heteroatoms. The summed E-state index contributed by atoms with van der Waals surface area (Å²) in [6.07, 6.45) is -1.24. The van der Waals surface area contributed by atoms with E-state index in [4.69, 9.17) is 14.6 Å². The Kier molecular flexibility index (Phi) is 6.30. The molecule has 1 saturated heterocycles. The normalized spacial score (nSPS) is 19.6. The van der Waals surface area contributed by atoms with Gasteiger partial charge in [-0.25, -0.2) is 4.79 Å². The molecule has 8 nitrogen and oxygen atoms in total. The zero-order valence-electron chi connectivity index (χ0n) is 9.40. The smallest absolute Gasteiger partial charge is 0.405 e. The molecule has 1 fully saturated rings. The summed E-state index contributed by atoms with van der Waals surface area (Å²) in [7, 11) is 0. The number of ether oxygens (including phenoxy) is 2. The van der Waals surface area contributed by atoms with Crippen LogP contribution in [0.4, 0.5) is 4.79 Å². The SMILES string of the molecule is O=C(O)NCC(=O)NCOCC1CNCCO1. The molecule has 4 N–H and O–H groups in total. The monoisotopic (exact) mass is 247 g/mol. The molecule has 17 heavy (non-hydrogen) atoms. The second kappa shape index (κ2) is 7.82. The fourth-order valence-electron chi connectivity index (χ4n) is 1.27. The van der Waals surface area contributed by atoms with Crippen LogP contribution in [-0.4, -0.2) is 62.8 Å². The van der Waals surface area contributed by atoms with Crippen molar-refractivity contribution in [3.05, 3.63) is 0 Å². The molecule has 2 amide bonds. The van der Waals surface area contributed by atoms with Crippen LogP contribution in [-0.2, 0) is 14.3 Å². The van der Waals surface area contributed by atoms with Crippen molar-refractivity contribution in [2.45, 2.75) is 6.10 Å². The molecule has 0 spiro atoms. The predicted molar refractivity (Wildman–Crippen MR) is 57.6 cm³/mol. The van der Waals surface area contributed by atoms with Gasteiger partial charge in [-0.2, -0.15) is 0 Å². The maximum Gasteiger partial charge on any atom is 0.405 e. The van der Waals surface area contributed by atoms with Crippen molar-refractivity contribution in [3.8, 4) is 0 Å². The first-order valence-electron chi connectivity index (χ1n) is 5.32. The third-order valence-corrected chi connectivity index (χ3v) is 2.08. The molecule has 1 heterocycles. The second-order valence-electron chi connectivity index (χ2n) is 3.47. The van der Waals surface area contributed by atoms with E-state index in [0.717, 1.165) is 13.1 Å². The highest BCUT2D eigenvalue weighted by Gasteiger charge is 2.13. The van der Waals surface area contributed by atoms with Crippen LogP contribution >= 0.6 is 0 Å². The maximum atomic E-state index is 11.0. The van der Waals surface area contributed by atoms with Gasteiger partial charge in [-0.1, -0.05) is 0 Å². The van der Waals surface area contributed by atoms with Crippen molar-refractivity contribution in [2.75, 3.05) is 39.6 Å². The first-order valence-corrected chi connectivity index (χ1v) is 5.32. The number of morpholine rings is 1. The average molecular weight is 247 g/mol. The highest BCUT2D eigenvalue weighted by Crippen LogP contribution is 1.95. The van der Waals surface area contributed by atoms with Crippen LogP contribution in [0.15, 0.2) is 0 Å². The first-order chi connectivity index (χ1) is 8.18. The molecule has 0 radical (unpaired) electrons. The molecule has 1 rings (SSSR count). The van der Waals surface area contributed by atoms with Crippen molar-refractivity contribution in [1.29, 1.82) is 0 Å². The number of hydrogen-bond acceptors (Lipinski definition) is 5. The van der Waals surface area contributed by atoms with Gasteiger partial charge in [-0.3, -0.25) is 4.79 Å². The van der Waals surface area contributed by atoms with E-state index in [2.05, 4.69) is 10.6 Å². The van der Waals surface area contributed by atoms with Crippen molar-refractivity contribution >= 4 is 12.0 Å². The summed E-state index contributed by atoms with van der Waals surface area (Å²) >= 11 is 0. The lowest BCUT2D eigenvalue weighted by molar-refractivity contribution is -0.122. The van der Waals surface area contributed by atoms with Gasteiger partial charge in [0, 0.05) is 13.1 Å². The molecular formula is C9H17N3O5. The molecule has 1 aliphatic rings. The lowest BCUT2D eigenvalue weighted by Gasteiger charge is -2.23. The van der Waals surface area contributed by atoms with Gasteiger partial charge in [0.2, 0.25) is 5.91 Å². The highest BCUT2D eigenvalue weighted by atomic mass is 16.5. The summed E-state index contributed by atoms with van der Waals surface area (Å²) in [6.45, 7) is 2.38. The molecule has 0 aromatic carbocycles. The number of amides is 2. The van der Waals surface area contributed by atoms with E-state index < -0.39 is 12.0 Å². The molecule has 0 saturated carbocycles. The van der Waals surface area contributed by atoms with Crippen LogP contribution < -0.4 is 16.0 Å². The van der Waals surface area contributed by atoms with Crippen molar-refractivity contribution < 1.29 is 24.2 Å². The summed E-state index contributed by atoms with van der Waals surface area (Å²) in [5, 5.41) is 15.8. The zero-order chi connectivity index (χ0) is 12.5. The number of carbonyl (C=O) groups excluding carboxylic acids is 1. The third-order valence-electron chi connectivity index (χ3n) is 2.08. The lowest BCUT2D eigenvalue weighted by atomic mass is 10.3. The largest absolute Gasteiger partial charge is 0.465 e. The number of carbonyl (C=O) groups is 2. The van der Waals surface area contributed by atoms with Crippen LogP contribution in [0.2, 0.25) is 0 Å². The standard InChI is InChI=1S/C9H17N3O5/c13-8(4-11-9(14)15)12-6-16-5-7-3-10-1-2-17-7/h7,10-11H,1-6H2,(H,12,13)(H,14,15). The molecule has 0 bridgehead atoms. The summed E-state index contributed by atoms with van der Waals surface area (Å²) < 4.78 is 10.6. The minimum absolute atomic E-state index is 0.00204. The van der Waals surface area contributed by atoms with Gasteiger partial charge in [-0.05, 0) is 0 Å². The Morgan fingerprint density at radius 1 is 1.47 bits per heavy atom. The van der Waals surface area contributed by atoms with Gasteiger partial charge in [0.05, 0.1) is 19.3 Å². The van der Waals surface area contributed by atoms with Gasteiger partial charge in [0.25, 0.3) is 0 Å². The third kappa shape index (κ3) is 6.72. The average Bonchev–Trinajstić information content (AvgIpc) is 2.33. The summed E-state index contributed by atoms with van der Waals surface area (Å²) in [5.74, 6) is -0.435. The van der Waals surface area contributed by atoms with Crippen LogP contribution in [0.3, 0.4) is 0 Å². The summed E-state index contributed by atoms with van der Waals surface area (Å²) in [5.41, 5.74) is 0. The molecule has 1 aliphatic heterocycles. The highest BCUT2D eigenvalue weighted by molar-refractivity contribution is 5.81. The zero-order valence-corrected chi connectivity index (χ0v) is 9.40. The van der Waals surface area contributed by atoms with Crippen molar-refractivity contribution in [3.63, 3.8) is 0 Å². The molecule has 0 aromatic rings. The Hall–Kier alpha value is -1.38. The Morgan fingerprint density at radius 2 is 2.29 bits per heavy atom. The van der Waals surface area contributed by atoms with Crippen LogP contribution in [0.5, 0.6) is 0 Å². The Bertz CT molecular complexity index is 255.